The number of aliphatic carboxylic acids is 1. The number of carbonyl (C=O) groups is 1. The summed E-state index contributed by atoms with van der Waals surface area (Å²) in [6.45, 7) is 2.12. The van der Waals surface area contributed by atoms with Crippen molar-refractivity contribution in [3.63, 3.8) is 0 Å². The molecule has 1 aromatic heterocycles. The number of furan rings is 1. The molecule has 0 amide bonds. The van der Waals surface area contributed by atoms with Crippen molar-refractivity contribution in [2.24, 2.45) is 0 Å². The lowest BCUT2D eigenvalue weighted by molar-refractivity contribution is -0.141. The molecule has 0 fully saturated rings. The summed E-state index contributed by atoms with van der Waals surface area (Å²) in [7, 11) is 1.49. The molecule has 2 atom stereocenters. The highest BCUT2D eigenvalue weighted by Gasteiger charge is 2.19. The number of carboxylic acid groups (broad SMARTS) is 1. The average molecular weight is 241 g/mol. The zero-order chi connectivity index (χ0) is 12.7. The average Bonchev–Trinajstić information content (AvgIpc) is 2.78. The Labute approximate surface area is 101 Å². The highest BCUT2D eigenvalue weighted by Crippen LogP contribution is 2.06. The summed E-state index contributed by atoms with van der Waals surface area (Å²) in [6.07, 6.45) is 3.25. The Morgan fingerprint density at radius 2 is 2.41 bits per heavy atom. The molecule has 0 aliphatic carbocycles. The SMILES string of the molecule is COCC(NC(C)CCc1ccco1)C(=O)O. The first-order chi connectivity index (χ1) is 8.13. The van der Waals surface area contributed by atoms with Gasteiger partial charge < -0.3 is 14.3 Å². The van der Waals surface area contributed by atoms with Crippen LogP contribution in [-0.2, 0) is 16.0 Å². The molecule has 0 saturated carbocycles. The lowest BCUT2D eigenvalue weighted by atomic mass is 10.1. The molecule has 0 radical (unpaired) electrons. The minimum atomic E-state index is -0.892. The van der Waals surface area contributed by atoms with E-state index in [4.69, 9.17) is 14.3 Å². The maximum Gasteiger partial charge on any atom is 0.323 e. The number of carboxylic acids is 1. The number of ether oxygens (including phenoxy) is 1. The van der Waals surface area contributed by atoms with Gasteiger partial charge in [-0.1, -0.05) is 0 Å². The van der Waals surface area contributed by atoms with Crippen molar-refractivity contribution >= 4 is 5.97 Å². The third kappa shape index (κ3) is 5.01. The molecule has 5 heteroatoms. The summed E-state index contributed by atoms with van der Waals surface area (Å²) in [5, 5.41) is 12.0. The number of hydrogen-bond acceptors (Lipinski definition) is 4. The van der Waals surface area contributed by atoms with E-state index in [1.807, 2.05) is 19.1 Å². The van der Waals surface area contributed by atoms with Gasteiger partial charge in [0.05, 0.1) is 12.9 Å². The van der Waals surface area contributed by atoms with Crippen LogP contribution in [0.1, 0.15) is 19.1 Å². The second-order valence-corrected chi connectivity index (χ2v) is 4.03. The van der Waals surface area contributed by atoms with Crippen LogP contribution in [0.15, 0.2) is 22.8 Å². The molecule has 17 heavy (non-hydrogen) atoms. The van der Waals surface area contributed by atoms with Crippen LogP contribution in [0.2, 0.25) is 0 Å². The summed E-state index contributed by atoms with van der Waals surface area (Å²) < 4.78 is 10.1. The van der Waals surface area contributed by atoms with E-state index in [9.17, 15) is 4.79 Å². The molecule has 0 aliphatic rings. The van der Waals surface area contributed by atoms with Crippen LogP contribution >= 0.6 is 0 Å². The van der Waals surface area contributed by atoms with Crippen LogP contribution in [0.25, 0.3) is 0 Å². The van der Waals surface area contributed by atoms with Gasteiger partial charge in [-0.25, -0.2) is 0 Å². The van der Waals surface area contributed by atoms with E-state index in [2.05, 4.69) is 5.32 Å². The Hall–Kier alpha value is -1.33. The van der Waals surface area contributed by atoms with Crippen LogP contribution < -0.4 is 5.32 Å². The third-order valence-corrected chi connectivity index (χ3v) is 2.52. The van der Waals surface area contributed by atoms with Crippen molar-refractivity contribution in [3.05, 3.63) is 24.2 Å². The first-order valence-electron chi connectivity index (χ1n) is 5.63. The van der Waals surface area contributed by atoms with E-state index in [0.717, 1.165) is 18.6 Å². The van der Waals surface area contributed by atoms with Gasteiger partial charge in [-0.15, -0.1) is 0 Å². The second kappa shape index (κ2) is 7.09. The highest BCUT2D eigenvalue weighted by atomic mass is 16.5. The number of hydrogen-bond donors (Lipinski definition) is 2. The molecular weight excluding hydrogens is 222 g/mol. The molecule has 0 aliphatic heterocycles. The molecule has 0 spiro atoms. The van der Waals surface area contributed by atoms with Gasteiger partial charge in [-0.05, 0) is 25.5 Å². The summed E-state index contributed by atoms with van der Waals surface area (Å²) in [4.78, 5) is 10.9. The number of rotatable bonds is 8. The van der Waals surface area contributed by atoms with E-state index in [1.165, 1.54) is 7.11 Å². The van der Waals surface area contributed by atoms with E-state index >= 15 is 0 Å². The molecule has 1 rings (SSSR count). The Morgan fingerprint density at radius 1 is 1.65 bits per heavy atom. The third-order valence-electron chi connectivity index (χ3n) is 2.52. The smallest absolute Gasteiger partial charge is 0.323 e. The van der Waals surface area contributed by atoms with Crippen LogP contribution in [0.3, 0.4) is 0 Å². The monoisotopic (exact) mass is 241 g/mol. The van der Waals surface area contributed by atoms with Crippen molar-refractivity contribution in [1.29, 1.82) is 0 Å². The largest absolute Gasteiger partial charge is 0.480 e. The molecule has 2 unspecified atom stereocenters. The molecule has 0 saturated heterocycles. The van der Waals surface area contributed by atoms with E-state index in [-0.39, 0.29) is 12.6 Å². The summed E-state index contributed by atoms with van der Waals surface area (Å²) in [5.74, 6) is 0.0222. The molecule has 2 N–H and O–H groups in total. The fourth-order valence-electron chi connectivity index (χ4n) is 1.60. The van der Waals surface area contributed by atoms with E-state index in [0.29, 0.717) is 0 Å². The second-order valence-electron chi connectivity index (χ2n) is 4.03. The van der Waals surface area contributed by atoms with Gasteiger partial charge in [0, 0.05) is 19.6 Å². The maximum atomic E-state index is 10.9. The van der Waals surface area contributed by atoms with Crippen molar-refractivity contribution in [2.45, 2.75) is 31.8 Å². The predicted octanol–water partition coefficient (Wildman–Crippen LogP) is 1.29. The molecule has 5 nitrogen and oxygen atoms in total. The van der Waals surface area contributed by atoms with Crippen molar-refractivity contribution < 1.29 is 19.1 Å². The Balaban J connectivity index is 2.31. The summed E-state index contributed by atoms with van der Waals surface area (Å²) in [5.41, 5.74) is 0. The normalized spacial score (nSPS) is 14.5. The lowest BCUT2D eigenvalue weighted by Gasteiger charge is -2.19. The van der Waals surface area contributed by atoms with Crippen molar-refractivity contribution in [1.82, 2.24) is 5.32 Å². The minimum absolute atomic E-state index is 0.0938. The Morgan fingerprint density at radius 3 is 2.94 bits per heavy atom. The number of aryl methyl sites for hydroxylation is 1. The minimum Gasteiger partial charge on any atom is -0.480 e. The van der Waals surface area contributed by atoms with Crippen LogP contribution in [0, 0.1) is 0 Å². The quantitative estimate of drug-likeness (QED) is 0.717. The van der Waals surface area contributed by atoms with Crippen LogP contribution in [0.5, 0.6) is 0 Å². The first kappa shape index (κ1) is 13.7. The van der Waals surface area contributed by atoms with Gasteiger partial charge >= 0.3 is 5.97 Å². The summed E-state index contributed by atoms with van der Waals surface area (Å²) >= 11 is 0. The standard InChI is InChI=1S/C12H19NO4/c1-9(5-6-10-4-3-7-17-10)13-11(8-16-2)12(14)15/h3-4,7,9,11,13H,5-6,8H2,1-2H3,(H,14,15). The first-order valence-corrected chi connectivity index (χ1v) is 5.63. The summed E-state index contributed by atoms with van der Waals surface area (Å²) in [6, 6.07) is 3.19. The van der Waals surface area contributed by atoms with Gasteiger partial charge in [-0.2, -0.15) is 0 Å². The highest BCUT2D eigenvalue weighted by molar-refractivity contribution is 5.73. The number of nitrogens with one attached hydrogen (secondary N) is 1. The van der Waals surface area contributed by atoms with Crippen molar-refractivity contribution in [3.8, 4) is 0 Å². The Kier molecular flexibility index (Phi) is 5.72. The fourth-order valence-corrected chi connectivity index (χ4v) is 1.60. The molecular formula is C12H19NO4. The van der Waals surface area contributed by atoms with Gasteiger partial charge in [0.2, 0.25) is 0 Å². The molecule has 1 heterocycles. The van der Waals surface area contributed by atoms with Gasteiger partial charge in [0.15, 0.2) is 0 Å². The van der Waals surface area contributed by atoms with Gasteiger partial charge in [-0.3, -0.25) is 10.1 Å². The predicted molar refractivity (Wildman–Crippen MR) is 62.9 cm³/mol. The van der Waals surface area contributed by atoms with Crippen LogP contribution in [-0.4, -0.2) is 36.9 Å². The zero-order valence-corrected chi connectivity index (χ0v) is 10.2. The van der Waals surface area contributed by atoms with Crippen LogP contribution in [0.4, 0.5) is 0 Å². The zero-order valence-electron chi connectivity index (χ0n) is 10.2. The molecule has 1 aromatic rings. The Bertz CT molecular complexity index is 323. The lowest BCUT2D eigenvalue weighted by Crippen LogP contribution is -2.45. The van der Waals surface area contributed by atoms with Gasteiger partial charge in [0.1, 0.15) is 11.8 Å². The fraction of sp³-hybridized carbons (Fsp3) is 0.583. The maximum absolute atomic E-state index is 10.9. The van der Waals surface area contributed by atoms with E-state index < -0.39 is 12.0 Å². The molecule has 96 valence electrons. The molecule has 0 aromatic carbocycles. The number of methoxy groups -OCH3 is 1. The molecule has 0 bridgehead atoms. The topological polar surface area (TPSA) is 71.7 Å². The van der Waals surface area contributed by atoms with Crippen molar-refractivity contribution in [2.75, 3.05) is 13.7 Å². The van der Waals surface area contributed by atoms with Gasteiger partial charge in [0.25, 0.3) is 0 Å². The van der Waals surface area contributed by atoms with E-state index in [1.54, 1.807) is 6.26 Å².